The first-order chi connectivity index (χ1) is 19.3. The Labute approximate surface area is 270 Å². The van der Waals surface area contributed by atoms with Crippen LogP contribution in [-0.2, 0) is 6.61 Å². The number of fused-ring (bicyclic) bond motifs is 1. The molecule has 0 bridgehead atoms. The first kappa shape index (κ1) is 29.8. The first-order valence-electron chi connectivity index (χ1n) is 12.7. The van der Waals surface area contributed by atoms with E-state index in [2.05, 4.69) is 68.8 Å². The van der Waals surface area contributed by atoms with Crippen molar-refractivity contribution in [3.05, 3.63) is 92.7 Å². The lowest BCUT2D eigenvalue weighted by Crippen LogP contribution is -2.25. The maximum absolute atomic E-state index is 13.7. The van der Waals surface area contributed by atoms with E-state index in [0.717, 1.165) is 44.7 Å². The Kier molecular flexibility index (Phi) is 9.72. The van der Waals surface area contributed by atoms with Crippen molar-refractivity contribution < 1.29 is 9.47 Å². The Balaban J connectivity index is 1.53. The van der Waals surface area contributed by atoms with Gasteiger partial charge in [0.15, 0.2) is 11.5 Å². The van der Waals surface area contributed by atoms with E-state index in [1.807, 2.05) is 30.3 Å². The number of hydrogen-bond donors (Lipinski definition) is 0. The van der Waals surface area contributed by atoms with E-state index in [0.29, 0.717) is 43.3 Å². The minimum Gasteiger partial charge on any atom is -0.493 e. The van der Waals surface area contributed by atoms with Gasteiger partial charge in [0.2, 0.25) is 0 Å². The topological polar surface area (TPSA) is 65.7 Å². The van der Waals surface area contributed by atoms with Crippen molar-refractivity contribution in [1.29, 1.82) is 0 Å². The number of rotatable bonds is 7. The quantitative estimate of drug-likeness (QED) is 0.175. The summed E-state index contributed by atoms with van der Waals surface area (Å²) in [4.78, 5) is 18.6. The molecular weight excluding hydrogens is 793 g/mol. The van der Waals surface area contributed by atoms with E-state index in [4.69, 9.17) is 26.1 Å². The number of halogens is 5. The molecule has 40 heavy (non-hydrogen) atoms. The lowest BCUT2D eigenvalue weighted by molar-refractivity contribution is 0.284. The van der Waals surface area contributed by atoms with Gasteiger partial charge in [0.05, 0.1) is 24.2 Å². The molecule has 1 aliphatic carbocycles. The van der Waals surface area contributed by atoms with Crippen LogP contribution < -0.4 is 15.0 Å². The van der Waals surface area contributed by atoms with Crippen LogP contribution in [0, 0.1) is 0 Å². The van der Waals surface area contributed by atoms with Crippen LogP contribution in [0.3, 0.4) is 0 Å². The van der Waals surface area contributed by atoms with Crippen LogP contribution in [0.1, 0.15) is 55.0 Å². The number of benzene rings is 3. The standard InChI is InChI=1S/C29H24Br4ClN3O3/c1-39-24-11-18(25(33)26(34)27(24)40-15-17-7-8-20(31)13-22(17)32)14-35-37-28(16-5-3-2-4-6-16)36-23-10-9-19(30)12-21(23)29(37)38/h7-14,16H,2-6,15H2,1H3. The van der Waals surface area contributed by atoms with Crippen molar-refractivity contribution in [2.75, 3.05) is 7.11 Å². The molecule has 0 atom stereocenters. The van der Waals surface area contributed by atoms with E-state index in [1.165, 1.54) is 11.1 Å². The summed E-state index contributed by atoms with van der Waals surface area (Å²) in [6.07, 6.45) is 6.98. The zero-order valence-electron chi connectivity index (χ0n) is 21.4. The molecule has 0 spiro atoms. The van der Waals surface area contributed by atoms with E-state index in [9.17, 15) is 4.79 Å². The fourth-order valence-electron chi connectivity index (χ4n) is 4.80. The molecule has 3 aromatic carbocycles. The summed E-state index contributed by atoms with van der Waals surface area (Å²) in [5, 5.41) is 5.50. The predicted octanol–water partition coefficient (Wildman–Crippen LogP) is 9.62. The molecule has 0 saturated heterocycles. The van der Waals surface area contributed by atoms with Crippen LogP contribution in [0.15, 0.2) is 70.3 Å². The average molecular weight is 818 g/mol. The van der Waals surface area contributed by atoms with Crippen molar-refractivity contribution in [1.82, 2.24) is 9.66 Å². The first-order valence-corrected chi connectivity index (χ1v) is 16.2. The maximum Gasteiger partial charge on any atom is 0.282 e. The van der Waals surface area contributed by atoms with Crippen LogP contribution in [0.4, 0.5) is 0 Å². The Morgan fingerprint density at radius 2 is 1.77 bits per heavy atom. The van der Waals surface area contributed by atoms with Crippen molar-refractivity contribution in [2.24, 2.45) is 5.10 Å². The van der Waals surface area contributed by atoms with Gasteiger partial charge in [0, 0.05) is 34.9 Å². The van der Waals surface area contributed by atoms with E-state index in [1.54, 1.807) is 25.5 Å². The molecule has 0 unspecified atom stereocenters. The van der Waals surface area contributed by atoms with Crippen molar-refractivity contribution in [2.45, 2.75) is 44.6 Å². The fourth-order valence-corrected chi connectivity index (χ4v) is 6.97. The summed E-state index contributed by atoms with van der Waals surface area (Å²) >= 11 is 20.9. The Morgan fingerprint density at radius 1 is 1.05 bits per heavy atom. The number of hydrogen-bond acceptors (Lipinski definition) is 5. The van der Waals surface area contributed by atoms with Crippen LogP contribution in [-0.4, -0.2) is 23.0 Å². The molecular formula is C29H24Br4ClN3O3. The average Bonchev–Trinajstić information content (AvgIpc) is 2.95. The number of nitrogens with zero attached hydrogens (tertiary/aromatic N) is 3. The lowest BCUT2D eigenvalue weighted by atomic mass is 9.88. The smallest absolute Gasteiger partial charge is 0.282 e. The third-order valence-electron chi connectivity index (χ3n) is 6.88. The molecule has 0 amide bonds. The molecule has 1 aliphatic rings. The Hall–Kier alpha value is -1.72. The Bertz CT molecular complexity index is 1670. The van der Waals surface area contributed by atoms with Gasteiger partial charge in [-0.15, -0.1) is 0 Å². The SMILES string of the molecule is COc1cc(C=Nn2c(C3CCCCC3)nc3ccc(Br)cc3c2=O)c(Br)c(Cl)c1OCc1ccc(Br)cc1Br. The molecule has 1 fully saturated rings. The van der Waals surface area contributed by atoms with E-state index in [-0.39, 0.29) is 18.1 Å². The predicted molar refractivity (Wildman–Crippen MR) is 174 cm³/mol. The molecule has 208 valence electrons. The zero-order chi connectivity index (χ0) is 28.4. The van der Waals surface area contributed by atoms with Gasteiger partial charge in [-0.1, -0.05) is 84.7 Å². The summed E-state index contributed by atoms with van der Waals surface area (Å²) < 4.78 is 16.4. The summed E-state index contributed by atoms with van der Waals surface area (Å²) in [7, 11) is 1.56. The van der Waals surface area contributed by atoms with Gasteiger partial charge in [-0.05, 0) is 65.2 Å². The van der Waals surface area contributed by atoms with Crippen molar-refractivity contribution in [3.8, 4) is 11.5 Å². The molecule has 0 radical (unpaired) electrons. The highest BCUT2D eigenvalue weighted by Gasteiger charge is 2.23. The summed E-state index contributed by atoms with van der Waals surface area (Å²) in [6.45, 7) is 0.280. The number of methoxy groups -OCH3 is 1. The molecule has 1 saturated carbocycles. The Morgan fingerprint density at radius 3 is 2.50 bits per heavy atom. The van der Waals surface area contributed by atoms with Gasteiger partial charge in [-0.2, -0.15) is 9.78 Å². The lowest BCUT2D eigenvalue weighted by Gasteiger charge is -2.22. The highest BCUT2D eigenvalue weighted by atomic mass is 79.9. The molecule has 0 N–H and O–H groups in total. The van der Waals surface area contributed by atoms with Crippen LogP contribution >= 0.6 is 75.3 Å². The molecule has 1 heterocycles. The minimum atomic E-state index is -0.211. The van der Waals surface area contributed by atoms with Crippen molar-refractivity contribution >= 4 is 92.4 Å². The molecule has 6 nitrogen and oxygen atoms in total. The fraction of sp³-hybridized carbons (Fsp3) is 0.276. The molecule has 11 heteroatoms. The van der Waals surface area contributed by atoms with Crippen LogP contribution in [0.2, 0.25) is 5.02 Å². The third-order valence-corrected chi connectivity index (χ3v) is 10.0. The molecule has 1 aromatic heterocycles. The minimum absolute atomic E-state index is 0.168. The number of ether oxygens (including phenoxy) is 2. The second-order valence-electron chi connectivity index (χ2n) is 9.48. The molecule has 0 aliphatic heterocycles. The molecule has 5 rings (SSSR count). The van der Waals surface area contributed by atoms with Crippen LogP contribution in [0.25, 0.3) is 10.9 Å². The van der Waals surface area contributed by atoms with Crippen LogP contribution in [0.5, 0.6) is 11.5 Å². The van der Waals surface area contributed by atoms with Gasteiger partial charge in [-0.25, -0.2) is 4.98 Å². The van der Waals surface area contributed by atoms with Gasteiger partial charge in [0.1, 0.15) is 17.5 Å². The maximum atomic E-state index is 13.7. The highest BCUT2D eigenvalue weighted by Crippen LogP contribution is 2.43. The zero-order valence-corrected chi connectivity index (χ0v) is 28.5. The second-order valence-corrected chi connectivity index (χ2v) is 13.3. The highest BCUT2D eigenvalue weighted by molar-refractivity contribution is 9.11. The van der Waals surface area contributed by atoms with Gasteiger partial charge in [0.25, 0.3) is 5.56 Å². The third kappa shape index (κ3) is 6.36. The van der Waals surface area contributed by atoms with E-state index < -0.39 is 0 Å². The van der Waals surface area contributed by atoms with Gasteiger partial charge < -0.3 is 9.47 Å². The van der Waals surface area contributed by atoms with Gasteiger partial charge in [-0.3, -0.25) is 4.79 Å². The monoisotopic (exact) mass is 813 g/mol. The molecule has 4 aromatic rings. The normalized spacial score (nSPS) is 14.2. The summed E-state index contributed by atoms with van der Waals surface area (Å²) in [5.41, 5.74) is 2.05. The second kappa shape index (κ2) is 13.1. The summed E-state index contributed by atoms with van der Waals surface area (Å²) in [5.74, 6) is 1.70. The summed E-state index contributed by atoms with van der Waals surface area (Å²) in [6, 6.07) is 13.2. The van der Waals surface area contributed by atoms with Crippen molar-refractivity contribution in [3.63, 3.8) is 0 Å². The van der Waals surface area contributed by atoms with Gasteiger partial charge >= 0.3 is 0 Å². The largest absolute Gasteiger partial charge is 0.493 e. The number of aromatic nitrogens is 2. The van der Waals surface area contributed by atoms with E-state index >= 15 is 0 Å².